The standard InChI is InChI=1S/C15H17BrN2O2S/c1-11-5-3-4-6-12(11)10-18(2)21(19,20)15-8-7-13(16)9-14(15)17/h3-9H,10,17H2,1-2H3. The van der Waals surface area contributed by atoms with Gasteiger partial charge in [-0.15, -0.1) is 0 Å². The van der Waals surface area contributed by atoms with Gasteiger partial charge in [0.2, 0.25) is 10.0 Å². The number of anilines is 1. The Morgan fingerprint density at radius 1 is 1.19 bits per heavy atom. The van der Waals surface area contributed by atoms with Gasteiger partial charge in [-0.2, -0.15) is 4.31 Å². The molecule has 0 heterocycles. The Balaban J connectivity index is 2.33. The molecule has 6 heteroatoms. The number of rotatable bonds is 4. The molecule has 0 saturated carbocycles. The van der Waals surface area contributed by atoms with Crippen molar-refractivity contribution in [2.24, 2.45) is 0 Å². The average Bonchev–Trinajstić information content (AvgIpc) is 2.40. The molecular weight excluding hydrogens is 352 g/mol. The zero-order valence-electron chi connectivity index (χ0n) is 11.9. The van der Waals surface area contributed by atoms with Gasteiger partial charge in [-0.05, 0) is 36.2 Å². The van der Waals surface area contributed by atoms with E-state index in [9.17, 15) is 8.42 Å². The molecule has 112 valence electrons. The fourth-order valence-corrected chi connectivity index (χ4v) is 3.65. The molecule has 4 nitrogen and oxygen atoms in total. The van der Waals surface area contributed by atoms with Gasteiger partial charge in [-0.1, -0.05) is 40.2 Å². The number of hydrogen-bond acceptors (Lipinski definition) is 3. The van der Waals surface area contributed by atoms with E-state index in [1.54, 1.807) is 19.2 Å². The number of nitrogen functional groups attached to an aromatic ring is 1. The first-order chi connectivity index (χ1) is 9.82. The van der Waals surface area contributed by atoms with Gasteiger partial charge in [0.15, 0.2) is 0 Å². The van der Waals surface area contributed by atoms with Crippen LogP contribution in [0.15, 0.2) is 51.8 Å². The summed E-state index contributed by atoms with van der Waals surface area (Å²) in [5, 5.41) is 0. The Hall–Kier alpha value is -1.37. The Morgan fingerprint density at radius 3 is 2.48 bits per heavy atom. The second kappa shape index (κ2) is 6.17. The molecule has 0 aliphatic rings. The smallest absolute Gasteiger partial charge is 0.245 e. The van der Waals surface area contributed by atoms with Crippen molar-refractivity contribution in [1.29, 1.82) is 0 Å². The molecule has 0 bridgehead atoms. The van der Waals surface area contributed by atoms with Crippen molar-refractivity contribution in [3.63, 3.8) is 0 Å². The van der Waals surface area contributed by atoms with Crippen LogP contribution in [-0.2, 0) is 16.6 Å². The van der Waals surface area contributed by atoms with Gasteiger partial charge in [0.25, 0.3) is 0 Å². The molecule has 2 rings (SSSR count). The van der Waals surface area contributed by atoms with Crippen LogP contribution in [0.5, 0.6) is 0 Å². The first kappa shape index (κ1) is 16.0. The molecule has 0 fully saturated rings. The summed E-state index contributed by atoms with van der Waals surface area (Å²) in [5.74, 6) is 0. The Morgan fingerprint density at radius 2 is 1.86 bits per heavy atom. The lowest BCUT2D eigenvalue weighted by Crippen LogP contribution is -2.27. The van der Waals surface area contributed by atoms with Crippen LogP contribution in [0, 0.1) is 6.92 Å². The Labute approximate surface area is 133 Å². The summed E-state index contributed by atoms with van der Waals surface area (Å²) in [7, 11) is -2.06. The number of nitrogens with zero attached hydrogens (tertiary/aromatic N) is 1. The molecule has 0 atom stereocenters. The van der Waals surface area contributed by atoms with Crippen LogP contribution in [0.3, 0.4) is 0 Å². The maximum Gasteiger partial charge on any atom is 0.245 e. The summed E-state index contributed by atoms with van der Waals surface area (Å²) in [4.78, 5) is 0.127. The molecular formula is C15H17BrN2O2S. The minimum Gasteiger partial charge on any atom is -0.398 e. The number of nitrogens with two attached hydrogens (primary N) is 1. The highest BCUT2D eigenvalue weighted by molar-refractivity contribution is 9.10. The summed E-state index contributed by atoms with van der Waals surface area (Å²) in [5.41, 5.74) is 8.10. The van der Waals surface area contributed by atoms with Gasteiger partial charge in [0, 0.05) is 18.1 Å². The van der Waals surface area contributed by atoms with E-state index in [0.717, 1.165) is 15.6 Å². The van der Waals surface area contributed by atoms with Crippen LogP contribution in [0.4, 0.5) is 5.69 Å². The highest BCUT2D eigenvalue weighted by Gasteiger charge is 2.23. The van der Waals surface area contributed by atoms with Crippen molar-refractivity contribution >= 4 is 31.6 Å². The highest BCUT2D eigenvalue weighted by atomic mass is 79.9. The van der Waals surface area contributed by atoms with E-state index >= 15 is 0 Å². The predicted octanol–water partition coefficient (Wildman–Crippen LogP) is 3.16. The molecule has 2 aromatic rings. The molecule has 0 aliphatic carbocycles. The SMILES string of the molecule is Cc1ccccc1CN(C)S(=O)(=O)c1ccc(Br)cc1N. The lowest BCUT2D eigenvalue weighted by molar-refractivity contribution is 0.466. The molecule has 0 radical (unpaired) electrons. The van der Waals surface area contributed by atoms with E-state index in [-0.39, 0.29) is 10.6 Å². The van der Waals surface area contributed by atoms with Gasteiger partial charge in [0.1, 0.15) is 4.90 Å². The average molecular weight is 369 g/mol. The molecule has 21 heavy (non-hydrogen) atoms. The molecule has 0 unspecified atom stereocenters. The van der Waals surface area contributed by atoms with Crippen molar-refractivity contribution in [2.75, 3.05) is 12.8 Å². The van der Waals surface area contributed by atoms with E-state index in [4.69, 9.17) is 5.73 Å². The van der Waals surface area contributed by atoms with Crippen molar-refractivity contribution in [3.8, 4) is 0 Å². The van der Waals surface area contributed by atoms with Gasteiger partial charge in [-0.3, -0.25) is 0 Å². The van der Waals surface area contributed by atoms with Crippen molar-refractivity contribution in [2.45, 2.75) is 18.4 Å². The van der Waals surface area contributed by atoms with Crippen LogP contribution in [0.25, 0.3) is 0 Å². The summed E-state index contributed by atoms with van der Waals surface area (Å²) in [6.45, 7) is 2.27. The Bertz CT molecular complexity index is 760. The van der Waals surface area contributed by atoms with Crippen LogP contribution in [-0.4, -0.2) is 19.8 Å². The normalized spacial score (nSPS) is 11.8. The molecule has 0 spiro atoms. The van der Waals surface area contributed by atoms with Crippen molar-refractivity contribution in [3.05, 3.63) is 58.1 Å². The number of sulfonamides is 1. The van der Waals surface area contributed by atoms with Gasteiger partial charge < -0.3 is 5.73 Å². The largest absolute Gasteiger partial charge is 0.398 e. The molecule has 0 aliphatic heterocycles. The quantitative estimate of drug-likeness (QED) is 0.842. The summed E-state index contributed by atoms with van der Waals surface area (Å²) < 4.78 is 27.3. The van der Waals surface area contributed by atoms with Crippen LogP contribution in [0.2, 0.25) is 0 Å². The molecule has 2 aromatic carbocycles. The Kier molecular flexibility index (Phi) is 4.70. The fourth-order valence-electron chi connectivity index (χ4n) is 2.03. The van der Waals surface area contributed by atoms with E-state index < -0.39 is 10.0 Å². The van der Waals surface area contributed by atoms with Crippen molar-refractivity contribution in [1.82, 2.24) is 4.31 Å². The van der Waals surface area contributed by atoms with Crippen LogP contribution in [0.1, 0.15) is 11.1 Å². The topological polar surface area (TPSA) is 63.4 Å². The molecule has 0 aromatic heterocycles. The maximum atomic E-state index is 12.6. The number of benzene rings is 2. The monoisotopic (exact) mass is 368 g/mol. The minimum absolute atomic E-state index is 0.127. The lowest BCUT2D eigenvalue weighted by atomic mass is 10.1. The maximum absolute atomic E-state index is 12.6. The van der Waals surface area contributed by atoms with Crippen LogP contribution >= 0.6 is 15.9 Å². The summed E-state index contributed by atoms with van der Waals surface area (Å²) >= 11 is 3.27. The lowest BCUT2D eigenvalue weighted by Gasteiger charge is -2.19. The second-order valence-corrected chi connectivity index (χ2v) is 7.80. The number of hydrogen-bond donors (Lipinski definition) is 1. The number of aryl methyl sites for hydroxylation is 1. The molecule has 0 amide bonds. The number of halogens is 1. The van der Waals surface area contributed by atoms with E-state index in [1.165, 1.54) is 10.4 Å². The summed E-state index contributed by atoms with van der Waals surface area (Å²) in [6, 6.07) is 12.5. The van der Waals surface area contributed by atoms with Gasteiger partial charge >= 0.3 is 0 Å². The van der Waals surface area contributed by atoms with Crippen molar-refractivity contribution < 1.29 is 8.42 Å². The second-order valence-electron chi connectivity index (χ2n) is 4.87. The first-order valence-electron chi connectivity index (χ1n) is 6.38. The third-order valence-electron chi connectivity index (χ3n) is 3.31. The first-order valence-corrected chi connectivity index (χ1v) is 8.61. The third-order valence-corrected chi connectivity index (χ3v) is 5.68. The third kappa shape index (κ3) is 3.45. The van der Waals surface area contributed by atoms with Gasteiger partial charge in [-0.25, -0.2) is 8.42 Å². The van der Waals surface area contributed by atoms with Crippen LogP contribution < -0.4 is 5.73 Å². The molecule has 0 saturated heterocycles. The summed E-state index contributed by atoms with van der Waals surface area (Å²) in [6.07, 6.45) is 0. The van der Waals surface area contributed by atoms with E-state index in [1.807, 2.05) is 31.2 Å². The zero-order valence-corrected chi connectivity index (χ0v) is 14.3. The zero-order chi connectivity index (χ0) is 15.6. The fraction of sp³-hybridized carbons (Fsp3) is 0.200. The predicted molar refractivity (Wildman–Crippen MR) is 88.4 cm³/mol. The van der Waals surface area contributed by atoms with E-state index in [2.05, 4.69) is 15.9 Å². The van der Waals surface area contributed by atoms with Gasteiger partial charge in [0.05, 0.1) is 5.69 Å². The van der Waals surface area contributed by atoms with E-state index in [0.29, 0.717) is 6.54 Å². The minimum atomic E-state index is -3.61. The molecule has 2 N–H and O–H groups in total. The highest BCUT2D eigenvalue weighted by Crippen LogP contribution is 2.26.